The van der Waals surface area contributed by atoms with E-state index in [1.807, 2.05) is 12.2 Å². The van der Waals surface area contributed by atoms with Crippen molar-refractivity contribution in [2.24, 2.45) is 0 Å². The van der Waals surface area contributed by atoms with E-state index in [4.69, 9.17) is 0 Å². The van der Waals surface area contributed by atoms with Gasteiger partial charge in [0.1, 0.15) is 0 Å². The van der Waals surface area contributed by atoms with Crippen LogP contribution < -0.4 is 0 Å². The van der Waals surface area contributed by atoms with Gasteiger partial charge in [0.15, 0.2) is 0 Å². The van der Waals surface area contributed by atoms with Gasteiger partial charge >= 0.3 is 24.4 Å². The number of rotatable bonds is 0. The Labute approximate surface area is 149 Å². The summed E-state index contributed by atoms with van der Waals surface area (Å²) in [5.41, 5.74) is 2.66. The van der Waals surface area contributed by atoms with Crippen molar-refractivity contribution in [2.45, 2.75) is 20.3 Å². The molecule has 1 aliphatic carbocycles. The van der Waals surface area contributed by atoms with Crippen molar-refractivity contribution in [3.8, 4) is 0 Å². The van der Waals surface area contributed by atoms with Gasteiger partial charge in [0.05, 0.1) is 0 Å². The molecule has 1 aromatic carbocycles. The third-order valence-corrected chi connectivity index (χ3v) is 1.80. The van der Waals surface area contributed by atoms with Crippen molar-refractivity contribution >= 4 is 24.4 Å². The first-order chi connectivity index (χ1) is 6.29. The van der Waals surface area contributed by atoms with E-state index in [0.717, 1.165) is 6.42 Å². The zero-order valence-corrected chi connectivity index (χ0v) is 16.9. The molecule has 0 radical (unpaired) electrons. The number of allylic oxidation sites excluding steroid dienone is 4. The van der Waals surface area contributed by atoms with E-state index in [1.54, 1.807) is 0 Å². The summed E-state index contributed by atoms with van der Waals surface area (Å²) in [7, 11) is 0. The summed E-state index contributed by atoms with van der Waals surface area (Å²) in [5, 5.41) is 0. The van der Waals surface area contributed by atoms with Crippen molar-refractivity contribution < 1.29 is 45.3 Å². The normalized spacial score (nSPS) is 7.71. The van der Waals surface area contributed by atoms with Crippen LogP contribution in [0.25, 0.3) is 0 Å². The molecule has 0 N–H and O–H groups in total. The number of hydrogen-bond acceptors (Lipinski definition) is 0. The van der Waals surface area contributed by atoms with Crippen LogP contribution in [0.4, 0.5) is 28.2 Å². The fraction of sp³-hybridized carbons (Fsp3) is 0.231. The molecule has 2 rings (SSSR count). The molecule has 0 amide bonds. The molecular weight excluding hydrogens is 448 g/mol. The average molecular weight is 472 g/mol. The van der Waals surface area contributed by atoms with Gasteiger partial charge in [-0.25, -0.2) is 12.2 Å². The predicted octanol–water partition coefficient (Wildman–Crippen LogP) is 3.34. The molecule has 0 fully saturated rings. The molecule has 1 aliphatic rings. The average Bonchev–Trinajstić information content (AvgIpc) is 2.68. The molecular formula is C13H24F6FeSb-. The van der Waals surface area contributed by atoms with E-state index < -0.39 is 0 Å². The summed E-state index contributed by atoms with van der Waals surface area (Å²) < 4.78 is 0. The molecule has 0 spiro atoms. The van der Waals surface area contributed by atoms with Crippen LogP contribution in [0.15, 0.2) is 42.5 Å². The fourth-order valence-corrected chi connectivity index (χ4v) is 0.977. The summed E-state index contributed by atoms with van der Waals surface area (Å²) in [5.74, 6) is 0. The summed E-state index contributed by atoms with van der Waals surface area (Å²) in [4.78, 5) is 0. The van der Waals surface area contributed by atoms with E-state index in [0.29, 0.717) is 0 Å². The monoisotopic (exact) mass is 471 g/mol. The van der Waals surface area contributed by atoms with Crippen LogP contribution in [0.2, 0.25) is 0 Å². The third-order valence-electron chi connectivity index (χ3n) is 1.80. The van der Waals surface area contributed by atoms with Gasteiger partial charge in [-0.15, -0.1) is 6.42 Å². The van der Waals surface area contributed by atoms with Crippen LogP contribution in [-0.2, 0) is 17.1 Å². The molecule has 0 bridgehead atoms. The fourth-order valence-electron chi connectivity index (χ4n) is 0.977. The Balaban J connectivity index is -0.0000000201. The second-order valence-corrected chi connectivity index (χ2v) is 3.16. The molecule has 0 heterocycles. The van der Waals surface area contributed by atoms with Gasteiger partial charge in [-0.1, -0.05) is 35.4 Å². The zero-order valence-electron chi connectivity index (χ0n) is 11.8. The summed E-state index contributed by atoms with van der Waals surface area (Å²) in [6.07, 6.45) is 10.0. The Kier molecular flexibility index (Phi) is 75.5. The molecule has 0 saturated carbocycles. The summed E-state index contributed by atoms with van der Waals surface area (Å²) in [6, 6.07) is 8.48. The minimum absolute atomic E-state index is 0. The van der Waals surface area contributed by atoms with E-state index in [9.17, 15) is 0 Å². The molecule has 0 unspecified atom stereocenters. The van der Waals surface area contributed by atoms with Gasteiger partial charge < -0.3 is 0 Å². The summed E-state index contributed by atoms with van der Waals surface area (Å²) >= 11 is 0. The van der Waals surface area contributed by atoms with E-state index in [-0.39, 0.29) is 69.7 Å². The standard InChI is InChI=1S/C8H10.C5H5.6FH.Fe.Sb.3H/c1-7-3-5-8(2)6-4-7;1-2-4-5-3-1;;;;;;;;;;;/h3-6H,1-2H3;1-3H,4H2;6*1H;;;;;/q;-1;;;;;;;;;;;. The minimum atomic E-state index is 0. The number of benzene rings is 1. The Morgan fingerprint density at radius 2 is 1.10 bits per heavy atom. The number of hydrogen-bond donors (Lipinski definition) is 0. The topological polar surface area (TPSA) is 0 Å². The van der Waals surface area contributed by atoms with Crippen LogP contribution in [0.1, 0.15) is 17.5 Å². The quantitative estimate of drug-likeness (QED) is 0.309. The Hall–Kier alpha value is -0.382. The van der Waals surface area contributed by atoms with Gasteiger partial charge in [-0.2, -0.15) is 6.08 Å². The molecule has 0 aliphatic heterocycles. The first kappa shape index (κ1) is 49.8. The van der Waals surface area contributed by atoms with Crippen LogP contribution in [0.3, 0.4) is 0 Å². The van der Waals surface area contributed by atoms with E-state index in [1.165, 1.54) is 11.1 Å². The molecule has 132 valence electrons. The van der Waals surface area contributed by atoms with Gasteiger partial charge in [0.2, 0.25) is 0 Å². The predicted molar refractivity (Wildman–Crippen MR) is 82.4 cm³/mol. The Bertz CT molecular complexity index is 286. The number of aryl methyl sites for hydroxylation is 2. The van der Waals surface area contributed by atoms with Crippen molar-refractivity contribution in [1.29, 1.82) is 0 Å². The van der Waals surface area contributed by atoms with Gasteiger partial charge in [-0.3, -0.25) is 34.3 Å². The molecule has 0 aromatic heterocycles. The summed E-state index contributed by atoms with van der Waals surface area (Å²) in [6.45, 7) is 4.19. The van der Waals surface area contributed by atoms with Crippen molar-refractivity contribution in [3.05, 3.63) is 59.7 Å². The van der Waals surface area contributed by atoms with Gasteiger partial charge in [0.25, 0.3) is 0 Å². The third kappa shape index (κ3) is 28.5. The van der Waals surface area contributed by atoms with Crippen LogP contribution in [0.5, 0.6) is 0 Å². The first-order valence-corrected chi connectivity index (χ1v) is 4.54. The second-order valence-electron chi connectivity index (χ2n) is 3.16. The first-order valence-electron chi connectivity index (χ1n) is 4.54. The molecule has 0 saturated heterocycles. The SMILES string of the molecule is Cc1ccc(C)cc1.F.F.F.F.F.F.[C-]1=CC=CC1.[Fe].[SbH3]. The van der Waals surface area contributed by atoms with Crippen molar-refractivity contribution in [2.75, 3.05) is 0 Å². The van der Waals surface area contributed by atoms with Crippen molar-refractivity contribution in [1.82, 2.24) is 0 Å². The zero-order chi connectivity index (χ0) is 9.52. The Morgan fingerprint density at radius 1 is 0.762 bits per heavy atom. The van der Waals surface area contributed by atoms with Crippen LogP contribution >= 0.6 is 0 Å². The van der Waals surface area contributed by atoms with Gasteiger partial charge in [-0.05, 0) is 13.8 Å². The molecule has 0 atom stereocenters. The van der Waals surface area contributed by atoms with Crippen LogP contribution in [-0.4, -0.2) is 24.4 Å². The molecule has 0 nitrogen and oxygen atoms in total. The van der Waals surface area contributed by atoms with Gasteiger partial charge in [0, 0.05) is 17.1 Å². The Morgan fingerprint density at radius 3 is 1.24 bits per heavy atom. The number of halogens is 6. The molecule has 1 aromatic rings. The maximum atomic E-state index is 2.99. The molecule has 21 heavy (non-hydrogen) atoms. The van der Waals surface area contributed by atoms with E-state index in [2.05, 4.69) is 50.3 Å². The van der Waals surface area contributed by atoms with Crippen molar-refractivity contribution in [3.63, 3.8) is 0 Å². The second kappa shape index (κ2) is 31.8. The van der Waals surface area contributed by atoms with E-state index >= 15 is 0 Å². The molecule has 8 heteroatoms. The maximum absolute atomic E-state index is 2.99. The van der Waals surface area contributed by atoms with Crippen LogP contribution in [0, 0.1) is 19.9 Å².